The van der Waals surface area contributed by atoms with Crippen molar-refractivity contribution in [3.8, 4) is 0 Å². The summed E-state index contributed by atoms with van der Waals surface area (Å²) in [6, 6.07) is 49.1. The second-order valence-electron chi connectivity index (χ2n) is 21.3. The highest BCUT2D eigenvalue weighted by Gasteiger charge is 2.31. The molecule has 6 aromatic carbocycles. The molecule has 8 rings (SSSR count). The molecule has 8 amide bonds. The Hall–Kier alpha value is -10.4. The Kier molecular flexibility index (Phi) is 25.2. The van der Waals surface area contributed by atoms with Crippen molar-refractivity contribution in [3.63, 3.8) is 0 Å². The minimum atomic E-state index is -0.841. The SMILES string of the molecule is O=C(CCCCCCCC(=O)NC1CCCN(Cc2ccc(N=C(NC(=O)OCc3ccccc3)NC(=O)OCc3ccccc3)cc2)C1=O)NC1CCCN(Cc2ccc(N=C(NC(=O)OCc3ccccc3)NC(=O)OCc3ccccc3)cc2)C1=O. The summed E-state index contributed by atoms with van der Waals surface area (Å²) in [6.45, 7) is 1.64. The minimum Gasteiger partial charge on any atom is -0.444 e. The summed E-state index contributed by atoms with van der Waals surface area (Å²) in [5, 5.41) is 15.8. The van der Waals surface area contributed by atoms with Gasteiger partial charge < -0.3 is 39.4 Å². The zero-order valence-corrected chi connectivity index (χ0v) is 49.4. The lowest BCUT2D eigenvalue weighted by Crippen LogP contribution is -2.51. The van der Waals surface area contributed by atoms with Crippen LogP contribution in [0.5, 0.6) is 0 Å². The molecule has 0 radical (unpaired) electrons. The van der Waals surface area contributed by atoms with Crippen LogP contribution in [0.3, 0.4) is 0 Å². The number of rotatable bonds is 24. The van der Waals surface area contributed by atoms with Gasteiger partial charge in [0, 0.05) is 39.0 Å². The summed E-state index contributed by atoms with van der Waals surface area (Å²) in [4.78, 5) is 117. The first-order chi connectivity index (χ1) is 43.4. The van der Waals surface area contributed by atoms with Crippen LogP contribution in [0.15, 0.2) is 180 Å². The van der Waals surface area contributed by atoms with Gasteiger partial charge in [-0.05, 0) is 96.2 Å². The maximum Gasteiger partial charge on any atom is 0.414 e. The number of alkyl carbamates (subject to hydrolysis) is 4. The number of carbonyl (C=O) groups excluding carboxylic acids is 8. The number of hydrogen-bond donors (Lipinski definition) is 6. The van der Waals surface area contributed by atoms with E-state index in [0.717, 1.165) is 52.6 Å². The largest absolute Gasteiger partial charge is 0.444 e. The standard InChI is InChI=1S/C67H74N10O12/c78-58(70-56-28-18-40-76(60(56)80)42-48-32-36-54(37-33-48)68-62(72-64(82)86-44-50-20-8-4-9-21-50)73-65(83)87-45-51-22-10-5-11-23-51)30-16-2-1-3-17-31-59(79)71-57-29-19-41-77(61(57)81)43-49-34-38-55(39-35-49)69-63(74-66(84)88-46-52-24-12-6-13-25-52)75-67(85)89-47-53-26-14-7-15-27-53/h4-15,20-27,32-39,56-57H,1-3,16-19,28-31,40-47H2,(H,70,78)(H,71,79)(H2,68,72,73,82,83)(H2,69,74,75,84,85). The fourth-order valence-electron chi connectivity index (χ4n) is 9.75. The molecule has 6 N–H and O–H groups in total. The Morgan fingerprint density at radius 1 is 0.382 bits per heavy atom. The maximum absolute atomic E-state index is 13.6. The van der Waals surface area contributed by atoms with Crippen LogP contribution in [0.2, 0.25) is 0 Å². The molecule has 464 valence electrons. The van der Waals surface area contributed by atoms with Crippen LogP contribution >= 0.6 is 0 Å². The fourth-order valence-corrected chi connectivity index (χ4v) is 9.75. The van der Waals surface area contributed by atoms with E-state index >= 15 is 0 Å². The van der Waals surface area contributed by atoms with E-state index in [0.29, 0.717) is 76.1 Å². The number of amides is 8. The molecule has 2 atom stereocenters. The first-order valence-corrected chi connectivity index (χ1v) is 29.8. The van der Waals surface area contributed by atoms with Gasteiger partial charge in [-0.25, -0.2) is 29.2 Å². The number of guanidine groups is 2. The van der Waals surface area contributed by atoms with Crippen molar-refractivity contribution in [2.24, 2.45) is 9.98 Å². The van der Waals surface area contributed by atoms with Crippen molar-refractivity contribution in [3.05, 3.63) is 203 Å². The third kappa shape index (κ3) is 22.8. The maximum atomic E-state index is 13.6. The molecule has 0 aliphatic carbocycles. The minimum absolute atomic E-state index is 0.00278. The molecular weight excluding hydrogens is 1140 g/mol. The van der Waals surface area contributed by atoms with Crippen molar-refractivity contribution in [2.75, 3.05) is 13.1 Å². The topological polar surface area (TPSA) is 277 Å². The number of hydrogen-bond acceptors (Lipinski definition) is 14. The Labute approximate surface area is 516 Å². The Balaban J connectivity index is 0.716. The molecule has 0 spiro atoms. The summed E-state index contributed by atoms with van der Waals surface area (Å²) in [5.74, 6) is -1.14. The average molecular weight is 1210 g/mol. The van der Waals surface area contributed by atoms with Crippen LogP contribution in [0, 0.1) is 0 Å². The van der Waals surface area contributed by atoms with E-state index < -0.39 is 36.5 Å². The first-order valence-electron chi connectivity index (χ1n) is 29.8. The number of carbonyl (C=O) groups is 8. The highest BCUT2D eigenvalue weighted by molar-refractivity contribution is 6.03. The van der Waals surface area contributed by atoms with Gasteiger partial charge in [0.25, 0.3) is 0 Å². The van der Waals surface area contributed by atoms with Gasteiger partial charge in [-0.3, -0.25) is 40.4 Å². The monoisotopic (exact) mass is 1210 g/mol. The third-order valence-corrected chi connectivity index (χ3v) is 14.4. The van der Waals surface area contributed by atoms with Crippen molar-refractivity contribution < 1.29 is 57.3 Å². The smallest absolute Gasteiger partial charge is 0.414 e. The molecular formula is C67H74N10O12. The molecule has 22 nitrogen and oxygen atoms in total. The Morgan fingerprint density at radius 3 is 0.978 bits per heavy atom. The molecule has 0 aromatic heterocycles. The van der Waals surface area contributed by atoms with E-state index in [2.05, 4.69) is 41.9 Å². The molecule has 2 fully saturated rings. The van der Waals surface area contributed by atoms with Crippen LogP contribution < -0.4 is 31.9 Å². The second kappa shape index (κ2) is 34.7. The number of likely N-dealkylation sites (tertiary alicyclic amines) is 2. The molecule has 2 unspecified atom stereocenters. The third-order valence-electron chi connectivity index (χ3n) is 14.4. The normalized spacial score (nSPS) is 14.4. The van der Waals surface area contributed by atoms with Gasteiger partial charge in [-0.15, -0.1) is 0 Å². The Morgan fingerprint density at radius 2 is 0.674 bits per heavy atom. The molecule has 2 aliphatic heterocycles. The van der Waals surface area contributed by atoms with E-state index in [1.165, 1.54) is 0 Å². The van der Waals surface area contributed by atoms with Crippen LogP contribution in [0.25, 0.3) is 0 Å². The van der Waals surface area contributed by atoms with Crippen LogP contribution in [-0.4, -0.2) is 94.9 Å². The average Bonchev–Trinajstić information content (AvgIpc) is 3.23. The van der Waals surface area contributed by atoms with E-state index in [-0.39, 0.29) is 74.8 Å². The molecule has 2 saturated heterocycles. The van der Waals surface area contributed by atoms with Crippen molar-refractivity contribution in [2.45, 2.75) is 122 Å². The predicted octanol–water partition coefficient (Wildman–Crippen LogP) is 10.0. The molecule has 0 bridgehead atoms. The van der Waals surface area contributed by atoms with Crippen molar-refractivity contribution >= 4 is 71.3 Å². The first kappa shape index (κ1) is 64.6. The molecule has 89 heavy (non-hydrogen) atoms. The molecule has 2 heterocycles. The van der Waals surface area contributed by atoms with Crippen LogP contribution in [0.4, 0.5) is 30.6 Å². The number of ether oxygens (including phenoxy) is 4. The van der Waals surface area contributed by atoms with Gasteiger partial charge >= 0.3 is 24.4 Å². The number of unbranched alkanes of at least 4 members (excludes halogenated alkanes) is 4. The van der Waals surface area contributed by atoms with E-state index in [4.69, 9.17) is 18.9 Å². The van der Waals surface area contributed by atoms with Crippen molar-refractivity contribution in [1.29, 1.82) is 0 Å². The number of nitrogens with one attached hydrogen (secondary N) is 6. The lowest BCUT2D eigenvalue weighted by molar-refractivity contribution is -0.139. The van der Waals surface area contributed by atoms with Gasteiger partial charge in [0.15, 0.2) is 0 Å². The predicted molar refractivity (Wildman–Crippen MR) is 332 cm³/mol. The molecule has 2 aliphatic rings. The summed E-state index contributed by atoms with van der Waals surface area (Å²) >= 11 is 0. The van der Waals surface area contributed by atoms with Gasteiger partial charge in [-0.1, -0.05) is 165 Å². The molecule has 6 aromatic rings. The van der Waals surface area contributed by atoms with Gasteiger partial charge in [0.2, 0.25) is 35.5 Å². The van der Waals surface area contributed by atoms with E-state index in [1.807, 2.05) is 121 Å². The summed E-state index contributed by atoms with van der Waals surface area (Å²) < 4.78 is 21.4. The summed E-state index contributed by atoms with van der Waals surface area (Å²) in [6.07, 6.45) is 3.28. The highest BCUT2D eigenvalue weighted by Crippen LogP contribution is 2.22. The quantitative estimate of drug-likeness (QED) is 0.0143. The van der Waals surface area contributed by atoms with Crippen LogP contribution in [0.1, 0.15) is 104 Å². The fraction of sp³-hybridized carbons (Fsp3) is 0.313. The molecule has 0 saturated carbocycles. The number of benzene rings is 6. The van der Waals surface area contributed by atoms with E-state index in [9.17, 15) is 38.4 Å². The van der Waals surface area contributed by atoms with Gasteiger partial charge in [0.05, 0.1) is 11.4 Å². The van der Waals surface area contributed by atoms with Gasteiger partial charge in [0.1, 0.15) is 38.5 Å². The lowest BCUT2D eigenvalue weighted by atomic mass is 10.0. The lowest BCUT2D eigenvalue weighted by Gasteiger charge is -2.32. The number of aliphatic imine (C=N–C) groups is 2. The summed E-state index contributed by atoms with van der Waals surface area (Å²) in [7, 11) is 0. The Bertz CT molecular complexity index is 3020. The van der Waals surface area contributed by atoms with E-state index in [1.54, 1.807) is 58.3 Å². The van der Waals surface area contributed by atoms with Gasteiger partial charge in [-0.2, -0.15) is 0 Å². The number of piperidine rings is 2. The zero-order chi connectivity index (χ0) is 62.4. The second-order valence-corrected chi connectivity index (χ2v) is 21.3. The summed E-state index contributed by atoms with van der Waals surface area (Å²) in [5.41, 5.74) is 5.50. The van der Waals surface area contributed by atoms with Crippen LogP contribution in [-0.2, 0) is 77.6 Å². The zero-order valence-electron chi connectivity index (χ0n) is 49.4. The number of nitrogens with zero attached hydrogens (tertiary/aromatic N) is 4. The highest BCUT2D eigenvalue weighted by atomic mass is 16.6. The molecule has 22 heteroatoms. The van der Waals surface area contributed by atoms with Crippen molar-refractivity contribution in [1.82, 2.24) is 41.7 Å².